The molecule has 2 rings (SSSR count). The molecule has 0 unspecified atom stereocenters. The normalized spacial score (nSPS) is 10.0. The van der Waals surface area contributed by atoms with Crippen LogP contribution in [0.4, 0.5) is 11.4 Å². The van der Waals surface area contributed by atoms with Crippen molar-refractivity contribution in [3.05, 3.63) is 42.2 Å². The highest BCUT2D eigenvalue weighted by molar-refractivity contribution is 5.87. The smallest absolute Gasteiger partial charge is 0.356 e. The summed E-state index contributed by atoms with van der Waals surface area (Å²) in [5.41, 5.74) is 7.56. The van der Waals surface area contributed by atoms with E-state index < -0.39 is 5.97 Å². The average Bonchev–Trinajstić information content (AvgIpc) is 2.48. The van der Waals surface area contributed by atoms with Crippen molar-refractivity contribution in [2.24, 2.45) is 0 Å². The van der Waals surface area contributed by atoms with Gasteiger partial charge in [-0.25, -0.2) is 9.78 Å². The van der Waals surface area contributed by atoms with Crippen LogP contribution in [-0.2, 0) is 4.74 Å². The molecule has 0 aliphatic carbocycles. The van der Waals surface area contributed by atoms with Crippen LogP contribution in [0, 0.1) is 0 Å². The second-order valence-electron chi connectivity index (χ2n) is 4.59. The third kappa shape index (κ3) is 3.42. The Morgan fingerprint density at radius 2 is 2.00 bits per heavy atom. The quantitative estimate of drug-likeness (QED) is 0.687. The highest BCUT2D eigenvalue weighted by Gasteiger charge is 2.10. The van der Waals surface area contributed by atoms with E-state index in [2.05, 4.69) is 9.72 Å². The topological polar surface area (TPSA) is 77.7 Å². The molecule has 1 heterocycles. The SMILES string of the molecule is COC(=O)c1cc(Oc2cc(N(C)C)ccc2N)ccn1. The summed E-state index contributed by atoms with van der Waals surface area (Å²) in [6.45, 7) is 0. The van der Waals surface area contributed by atoms with Gasteiger partial charge in [0.15, 0.2) is 11.4 Å². The van der Waals surface area contributed by atoms with E-state index in [1.54, 1.807) is 12.1 Å². The van der Waals surface area contributed by atoms with Crippen molar-refractivity contribution >= 4 is 17.3 Å². The first kappa shape index (κ1) is 14.6. The average molecular weight is 287 g/mol. The number of benzene rings is 1. The van der Waals surface area contributed by atoms with Crippen LogP contribution < -0.4 is 15.4 Å². The van der Waals surface area contributed by atoms with E-state index in [0.717, 1.165) is 5.69 Å². The molecule has 0 atom stereocenters. The Labute approximate surface area is 123 Å². The van der Waals surface area contributed by atoms with Crippen LogP contribution in [0.1, 0.15) is 10.5 Å². The molecule has 0 aliphatic rings. The first-order valence-electron chi connectivity index (χ1n) is 6.30. The minimum absolute atomic E-state index is 0.178. The van der Waals surface area contributed by atoms with Gasteiger partial charge in [0.25, 0.3) is 0 Å². The molecule has 0 spiro atoms. The summed E-state index contributed by atoms with van der Waals surface area (Å²) in [5.74, 6) is 0.465. The molecule has 2 aromatic rings. The Bertz CT molecular complexity index is 656. The number of nitrogen functional groups attached to an aromatic ring is 1. The highest BCUT2D eigenvalue weighted by Crippen LogP contribution is 2.31. The molecule has 2 N–H and O–H groups in total. The van der Waals surface area contributed by atoms with Crippen molar-refractivity contribution in [3.8, 4) is 11.5 Å². The molecule has 1 aromatic carbocycles. The second kappa shape index (κ2) is 6.13. The lowest BCUT2D eigenvalue weighted by Gasteiger charge is -2.15. The summed E-state index contributed by atoms with van der Waals surface area (Å²) in [4.78, 5) is 17.3. The fourth-order valence-corrected chi connectivity index (χ4v) is 1.71. The molecule has 0 bridgehead atoms. The molecule has 21 heavy (non-hydrogen) atoms. The Hall–Kier alpha value is -2.76. The maximum atomic E-state index is 11.5. The van der Waals surface area contributed by atoms with Crippen LogP contribution in [-0.4, -0.2) is 32.2 Å². The number of carbonyl (C=O) groups excluding carboxylic acids is 1. The number of aromatic nitrogens is 1. The van der Waals surface area contributed by atoms with Gasteiger partial charge in [0.2, 0.25) is 0 Å². The van der Waals surface area contributed by atoms with Gasteiger partial charge in [-0.3, -0.25) is 0 Å². The van der Waals surface area contributed by atoms with Crippen molar-refractivity contribution in [2.75, 3.05) is 31.8 Å². The number of hydrogen-bond donors (Lipinski definition) is 1. The Kier molecular flexibility index (Phi) is 4.27. The van der Waals surface area contributed by atoms with Crippen molar-refractivity contribution < 1.29 is 14.3 Å². The summed E-state index contributed by atoms with van der Waals surface area (Å²) in [7, 11) is 5.16. The number of pyridine rings is 1. The number of nitrogens with two attached hydrogens (primary N) is 1. The predicted molar refractivity (Wildman–Crippen MR) is 80.8 cm³/mol. The van der Waals surface area contributed by atoms with Gasteiger partial charge in [0, 0.05) is 38.1 Å². The van der Waals surface area contributed by atoms with Crippen LogP contribution in [0.2, 0.25) is 0 Å². The number of hydrogen-bond acceptors (Lipinski definition) is 6. The molecule has 1 aromatic heterocycles. The zero-order chi connectivity index (χ0) is 15.4. The molecule has 0 radical (unpaired) electrons. The van der Waals surface area contributed by atoms with Gasteiger partial charge in [-0.15, -0.1) is 0 Å². The van der Waals surface area contributed by atoms with Crippen molar-refractivity contribution in [2.45, 2.75) is 0 Å². The van der Waals surface area contributed by atoms with Crippen LogP contribution >= 0.6 is 0 Å². The molecule has 6 heteroatoms. The summed E-state index contributed by atoms with van der Waals surface area (Å²) in [6, 6.07) is 8.65. The van der Waals surface area contributed by atoms with E-state index in [4.69, 9.17) is 10.5 Å². The number of anilines is 2. The molecule has 0 saturated heterocycles. The Morgan fingerprint density at radius 1 is 1.24 bits per heavy atom. The predicted octanol–water partition coefficient (Wildman–Crippen LogP) is 2.31. The number of ether oxygens (including phenoxy) is 2. The number of carbonyl (C=O) groups is 1. The van der Waals surface area contributed by atoms with Gasteiger partial charge < -0.3 is 20.1 Å². The van der Waals surface area contributed by atoms with E-state index in [1.165, 1.54) is 19.4 Å². The third-order valence-electron chi connectivity index (χ3n) is 2.87. The number of rotatable bonds is 4. The first-order valence-corrected chi connectivity index (χ1v) is 6.30. The largest absolute Gasteiger partial charge is 0.464 e. The van der Waals surface area contributed by atoms with Crippen LogP contribution in [0.15, 0.2) is 36.5 Å². The number of esters is 1. The van der Waals surface area contributed by atoms with E-state index in [0.29, 0.717) is 17.2 Å². The fourth-order valence-electron chi connectivity index (χ4n) is 1.71. The molecule has 0 aliphatic heterocycles. The monoisotopic (exact) mass is 287 g/mol. The maximum Gasteiger partial charge on any atom is 0.356 e. The van der Waals surface area contributed by atoms with Gasteiger partial charge in [0.1, 0.15) is 5.75 Å². The van der Waals surface area contributed by atoms with Crippen LogP contribution in [0.3, 0.4) is 0 Å². The summed E-state index contributed by atoms with van der Waals surface area (Å²) in [5, 5.41) is 0. The van der Waals surface area contributed by atoms with Gasteiger partial charge in [0.05, 0.1) is 12.8 Å². The lowest BCUT2D eigenvalue weighted by atomic mass is 10.2. The maximum absolute atomic E-state index is 11.5. The summed E-state index contributed by atoms with van der Waals surface area (Å²) in [6.07, 6.45) is 1.48. The number of nitrogens with zero attached hydrogens (tertiary/aromatic N) is 2. The molecular weight excluding hydrogens is 270 g/mol. The molecule has 0 fully saturated rings. The van der Waals surface area contributed by atoms with Crippen LogP contribution in [0.5, 0.6) is 11.5 Å². The van der Waals surface area contributed by atoms with E-state index in [1.807, 2.05) is 31.1 Å². The molecule has 110 valence electrons. The van der Waals surface area contributed by atoms with Crippen LogP contribution in [0.25, 0.3) is 0 Å². The third-order valence-corrected chi connectivity index (χ3v) is 2.87. The standard InChI is InChI=1S/C15H17N3O3/c1-18(2)10-4-5-12(16)14(8-10)21-11-6-7-17-13(9-11)15(19)20-3/h4-9H,16H2,1-3H3. The lowest BCUT2D eigenvalue weighted by Crippen LogP contribution is -2.09. The Morgan fingerprint density at radius 3 is 2.67 bits per heavy atom. The first-order chi connectivity index (χ1) is 10.0. The van der Waals surface area contributed by atoms with Crippen molar-refractivity contribution in [1.82, 2.24) is 4.98 Å². The fraction of sp³-hybridized carbons (Fsp3) is 0.200. The highest BCUT2D eigenvalue weighted by atomic mass is 16.5. The number of methoxy groups -OCH3 is 1. The van der Waals surface area contributed by atoms with Gasteiger partial charge in [-0.1, -0.05) is 0 Å². The molecule has 0 amide bonds. The summed E-state index contributed by atoms with van der Waals surface area (Å²) < 4.78 is 10.4. The molecule has 0 saturated carbocycles. The second-order valence-corrected chi connectivity index (χ2v) is 4.59. The van der Waals surface area contributed by atoms with Gasteiger partial charge in [-0.2, -0.15) is 0 Å². The lowest BCUT2D eigenvalue weighted by molar-refractivity contribution is 0.0593. The minimum atomic E-state index is -0.518. The zero-order valence-corrected chi connectivity index (χ0v) is 12.2. The van der Waals surface area contributed by atoms with E-state index >= 15 is 0 Å². The van der Waals surface area contributed by atoms with Gasteiger partial charge in [-0.05, 0) is 18.2 Å². The van der Waals surface area contributed by atoms with Crippen molar-refractivity contribution in [3.63, 3.8) is 0 Å². The molecular formula is C15H17N3O3. The van der Waals surface area contributed by atoms with E-state index in [-0.39, 0.29) is 5.69 Å². The van der Waals surface area contributed by atoms with Gasteiger partial charge >= 0.3 is 5.97 Å². The summed E-state index contributed by atoms with van der Waals surface area (Å²) >= 11 is 0. The molecule has 6 nitrogen and oxygen atoms in total. The zero-order valence-electron chi connectivity index (χ0n) is 12.2. The van der Waals surface area contributed by atoms with Crippen molar-refractivity contribution in [1.29, 1.82) is 0 Å². The Balaban J connectivity index is 2.29. The minimum Gasteiger partial charge on any atom is -0.464 e. The van der Waals surface area contributed by atoms with E-state index in [9.17, 15) is 4.79 Å².